The number of esters is 1. The molecule has 16 nitrogen and oxygen atoms in total. The molecule has 0 unspecified atom stereocenters. The monoisotopic (exact) mass is 823 g/mol. The van der Waals surface area contributed by atoms with Crippen LogP contribution in [0.15, 0.2) is 67.3 Å². The minimum Gasteiger partial charge on any atom is -0.428 e. The van der Waals surface area contributed by atoms with Gasteiger partial charge in [0.2, 0.25) is 12.7 Å². The van der Waals surface area contributed by atoms with Gasteiger partial charge in [-0.1, -0.05) is 24.3 Å². The Morgan fingerprint density at radius 1 is 1.12 bits per heavy atom. The largest absolute Gasteiger partial charge is 0.512 e. The van der Waals surface area contributed by atoms with Crippen LogP contribution in [0.4, 0.5) is 18.0 Å². The lowest BCUT2D eigenvalue weighted by atomic mass is 9.89. The van der Waals surface area contributed by atoms with Crippen molar-refractivity contribution in [1.82, 2.24) is 20.1 Å². The fourth-order valence-corrected chi connectivity index (χ4v) is 6.86. The molecule has 0 saturated carbocycles. The van der Waals surface area contributed by atoms with Crippen LogP contribution in [0.5, 0.6) is 0 Å². The maximum absolute atomic E-state index is 15.6. The smallest absolute Gasteiger partial charge is 0.428 e. The van der Waals surface area contributed by atoms with E-state index in [1.54, 1.807) is 25.2 Å². The van der Waals surface area contributed by atoms with Crippen molar-refractivity contribution in [1.29, 1.82) is 5.26 Å². The van der Waals surface area contributed by atoms with Crippen molar-refractivity contribution >= 4 is 46.0 Å². The topological polar surface area (TPSA) is 218 Å². The molecule has 2 heterocycles. The Morgan fingerprint density at radius 3 is 2.55 bits per heavy atom. The van der Waals surface area contributed by atoms with E-state index in [0.29, 0.717) is 6.07 Å². The van der Waals surface area contributed by atoms with Crippen LogP contribution >= 0.6 is 11.8 Å². The molecule has 1 amide bonds. The van der Waals surface area contributed by atoms with E-state index in [2.05, 4.69) is 15.4 Å². The predicted octanol–water partition coefficient (Wildman–Crippen LogP) is 4.03. The number of thioether (sulfide) groups is 1. The fourth-order valence-electron chi connectivity index (χ4n) is 5.14. The number of hydrogen-bond acceptors (Lipinski definition) is 14. The number of nitrogens with one attached hydrogen (secondary N) is 1. The molecule has 0 bridgehead atoms. The Morgan fingerprint density at radius 2 is 1.89 bits per heavy atom. The molecule has 300 valence electrons. The average Bonchev–Trinajstić information content (AvgIpc) is 3.65. The fraction of sp³-hybridized carbons (Fsp3) is 0.371. The Hall–Kier alpha value is -5.27. The van der Waals surface area contributed by atoms with Crippen LogP contribution in [0.3, 0.4) is 0 Å². The van der Waals surface area contributed by atoms with E-state index >= 15 is 4.39 Å². The molecule has 1 aromatic heterocycles. The Labute approximate surface area is 323 Å². The van der Waals surface area contributed by atoms with E-state index in [0.717, 1.165) is 18.2 Å². The number of carbonyl (C=O) groups is 3. The van der Waals surface area contributed by atoms with Gasteiger partial charge in [-0.3, -0.25) is 14.1 Å². The second kappa shape index (κ2) is 20.6. The molecule has 2 aromatic carbocycles. The van der Waals surface area contributed by atoms with E-state index in [1.165, 1.54) is 47.3 Å². The molecule has 0 radical (unpaired) electrons. The number of carbonyl (C=O) groups excluding carboxylic acids is 3. The minimum absolute atomic E-state index is 0.127. The highest BCUT2D eigenvalue weighted by Crippen LogP contribution is 2.42. The molecular formula is C35H36F3N5O11S2. The number of nitriles is 1. The molecule has 21 heteroatoms. The van der Waals surface area contributed by atoms with E-state index in [1.807, 2.05) is 6.07 Å². The maximum atomic E-state index is 15.6. The van der Waals surface area contributed by atoms with Crippen molar-refractivity contribution in [2.75, 3.05) is 32.3 Å². The number of ether oxygens (including phenoxy) is 5. The molecule has 2 N–H and O–H groups in total. The van der Waals surface area contributed by atoms with E-state index in [9.17, 15) is 31.6 Å². The minimum atomic E-state index is -4.29. The highest BCUT2D eigenvalue weighted by atomic mass is 32.2. The van der Waals surface area contributed by atoms with Gasteiger partial charge in [0.1, 0.15) is 30.1 Å². The van der Waals surface area contributed by atoms with Gasteiger partial charge in [-0.15, -0.1) is 11.8 Å². The summed E-state index contributed by atoms with van der Waals surface area (Å²) in [5.41, 5.74) is -1.73. The van der Waals surface area contributed by atoms with Gasteiger partial charge in [0.15, 0.2) is 11.9 Å². The highest BCUT2D eigenvalue weighted by molar-refractivity contribution is 8.00. The third kappa shape index (κ3) is 13.5. The van der Waals surface area contributed by atoms with E-state index in [4.69, 9.17) is 33.5 Å². The zero-order valence-electron chi connectivity index (χ0n) is 29.6. The molecule has 3 aromatic rings. The number of nitrogens with zero attached hydrogens (tertiary/aromatic N) is 4. The zero-order chi connectivity index (χ0) is 40.7. The molecule has 1 aliphatic heterocycles. The first kappa shape index (κ1) is 43.5. The molecule has 0 spiro atoms. The maximum Gasteiger partial charge on any atom is 0.512 e. The summed E-state index contributed by atoms with van der Waals surface area (Å²) in [7, 11) is -4.29. The van der Waals surface area contributed by atoms with Crippen LogP contribution in [-0.2, 0) is 55.5 Å². The number of rotatable bonds is 18. The van der Waals surface area contributed by atoms with Crippen molar-refractivity contribution in [2.45, 2.75) is 48.7 Å². The Kier molecular flexibility index (Phi) is 16.0. The van der Waals surface area contributed by atoms with Gasteiger partial charge in [-0.2, -0.15) is 18.8 Å². The molecule has 1 fully saturated rings. The summed E-state index contributed by atoms with van der Waals surface area (Å²) < 4.78 is 103. The highest BCUT2D eigenvalue weighted by Gasteiger charge is 2.47. The molecule has 1 saturated heterocycles. The second-order valence-corrected chi connectivity index (χ2v) is 15.1. The first-order valence-electron chi connectivity index (χ1n) is 16.6. The molecule has 1 aliphatic rings. The van der Waals surface area contributed by atoms with Crippen LogP contribution < -0.4 is 5.32 Å². The van der Waals surface area contributed by atoms with Crippen LogP contribution in [-0.4, -0.2) is 94.9 Å². The van der Waals surface area contributed by atoms with Crippen molar-refractivity contribution in [3.63, 3.8) is 0 Å². The summed E-state index contributed by atoms with van der Waals surface area (Å²) in [5, 5.41) is 13.9. The van der Waals surface area contributed by atoms with Crippen molar-refractivity contribution in [2.24, 2.45) is 0 Å². The van der Waals surface area contributed by atoms with Gasteiger partial charge in [0, 0.05) is 35.4 Å². The first-order valence-corrected chi connectivity index (χ1v) is 19.2. The van der Waals surface area contributed by atoms with Crippen LogP contribution in [0.2, 0.25) is 0 Å². The average molecular weight is 824 g/mol. The van der Waals surface area contributed by atoms with Gasteiger partial charge in [-0.25, -0.2) is 27.6 Å². The number of hydrogen-bond donors (Lipinski definition) is 2. The van der Waals surface area contributed by atoms with Crippen LogP contribution in [0.25, 0.3) is 6.08 Å². The van der Waals surface area contributed by atoms with Gasteiger partial charge in [-0.05, 0) is 37.3 Å². The summed E-state index contributed by atoms with van der Waals surface area (Å²) in [5.74, 6) is -4.89. The summed E-state index contributed by atoms with van der Waals surface area (Å²) in [6.07, 6.45) is 5.72. The van der Waals surface area contributed by atoms with Gasteiger partial charge >= 0.3 is 12.1 Å². The lowest BCUT2D eigenvalue weighted by Gasteiger charge is -2.40. The molecule has 0 aliphatic carbocycles. The van der Waals surface area contributed by atoms with E-state index < -0.39 is 93.4 Å². The quantitative estimate of drug-likeness (QED) is 0.0801. The number of amides is 1. The number of halogens is 3. The number of allylic oxidation sites excluding steroid dienone is 2. The summed E-state index contributed by atoms with van der Waals surface area (Å²) in [6, 6.07) is 8.67. The van der Waals surface area contributed by atoms with Gasteiger partial charge < -0.3 is 29.0 Å². The molecule has 2 atom stereocenters. The van der Waals surface area contributed by atoms with Gasteiger partial charge in [0.25, 0.3) is 10.1 Å². The first-order chi connectivity index (χ1) is 26.7. The lowest BCUT2D eigenvalue weighted by molar-refractivity contribution is -0.156. The second-order valence-electron chi connectivity index (χ2n) is 11.9. The summed E-state index contributed by atoms with van der Waals surface area (Å²) >= 11 is 1.20. The van der Waals surface area contributed by atoms with Crippen molar-refractivity contribution in [3.05, 3.63) is 101 Å². The Balaban J connectivity index is 1.40. The molecule has 4 rings (SSSR count). The van der Waals surface area contributed by atoms with Crippen molar-refractivity contribution < 1.29 is 64.2 Å². The number of benzene rings is 2. The van der Waals surface area contributed by atoms with Gasteiger partial charge in [0.05, 0.1) is 48.8 Å². The van der Waals surface area contributed by atoms with Crippen LogP contribution in [0, 0.1) is 28.8 Å². The third-order valence-corrected chi connectivity index (χ3v) is 10.0. The third-order valence-electron chi connectivity index (χ3n) is 7.88. The van der Waals surface area contributed by atoms with Crippen LogP contribution in [0.1, 0.15) is 36.5 Å². The van der Waals surface area contributed by atoms with Crippen molar-refractivity contribution in [3.8, 4) is 6.07 Å². The number of aromatic nitrogens is 3. The summed E-state index contributed by atoms with van der Waals surface area (Å²) in [6.45, 7) is 0.193. The zero-order valence-corrected chi connectivity index (χ0v) is 31.2. The standard InChI is InChI=1S/C35H36F3N5O11S2/c1-23(55-27-17-50-33(51-18-27)5-3-2-4-25-7-6-24(16-39)14-29(25)37)35(19-43-21-40-20-42-43,28-9-8-26(36)15-30(28)38)54-34(46)53-22-52-32(45)11-10-31(44)41-12-13-56(47,48)49/h2-9,14-15,20-21,23,27,33H,10-13,17-19,22H2,1H3,(H,41,44)(H,47,48,49)/b4-2+,5-3+/t23-,27?,33?,35-/m1/s1. The van der Waals surface area contributed by atoms with E-state index in [-0.39, 0.29) is 43.0 Å². The normalized spacial score (nSPS) is 17.5. The SMILES string of the molecule is C[C@@H](SC1COC(/C=C/C=C/c2ccc(C#N)cc2F)OC1)[C@@](Cn1cncn1)(OC(=O)OCOC(=O)CCC(=O)NCCS(=O)(=O)O)c1ccc(F)cc1F. The lowest BCUT2D eigenvalue weighted by Crippen LogP contribution is -2.47. The Bertz CT molecular complexity index is 2040. The molecular weight excluding hydrogens is 788 g/mol. The predicted molar refractivity (Wildman–Crippen MR) is 191 cm³/mol. The summed E-state index contributed by atoms with van der Waals surface area (Å²) in [4.78, 5) is 41.0. The molecule has 56 heavy (non-hydrogen) atoms.